The Kier molecular flexibility index (Phi) is 12.4. The van der Waals surface area contributed by atoms with Crippen molar-refractivity contribution >= 4 is 18.0 Å². The van der Waals surface area contributed by atoms with E-state index in [0.29, 0.717) is 23.3 Å². The molecule has 0 aromatic heterocycles. The van der Waals surface area contributed by atoms with Gasteiger partial charge in [-0.1, -0.05) is 99.0 Å². The number of carbonyl (C=O) groups excluding carboxylic acids is 2. The molecule has 0 aliphatic carbocycles. The van der Waals surface area contributed by atoms with Crippen molar-refractivity contribution in [1.82, 2.24) is 10.2 Å². The number of rotatable bonds is 14. The molecule has 268 valence electrons. The molecule has 8 nitrogen and oxygen atoms in total. The van der Waals surface area contributed by atoms with Gasteiger partial charge in [-0.15, -0.1) is 0 Å². The second-order valence-electron chi connectivity index (χ2n) is 12.6. The minimum absolute atomic E-state index is 0.0113. The predicted octanol–water partition coefficient (Wildman–Crippen LogP) is 8.21. The SMILES string of the molecule is CCCCCCOC(=O)N1Cc2cc(OCc3ccc(C(F)(F)F)cc3)ccc2CC1C(=O)N[C@@H](Cc1ccc(-c2ccccc2)cc1)C(=O)O. The van der Waals surface area contributed by atoms with E-state index >= 15 is 0 Å². The Labute approximate surface area is 295 Å². The number of fused-ring (bicyclic) bond motifs is 1. The highest BCUT2D eigenvalue weighted by molar-refractivity contribution is 5.90. The maximum absolute atomic E-state index is 13.8. The van der Waals surface area contributed by atoms with Crippen molar-refractivity contribution in [2.24, 2.45) is 0 Å². The summed E-state index contributed by atoms with van der Waals surface area (Å²) in [4.78, 5) is 40.8. The molecule has 0 saturated heterocycles. The smallest absolute Gasteiger partial charge is 0.416 e. The molecule has 4 aromatic carbocycles. The molecule has 0 radical (unpaired) electrons. The summed E-state index contributed by atoms with van der Waals surface area (Å²) in [5.41, 5.74) is 4.01. The molecule has 0 bridgehead atoms. The molecule has 1 unspecified atom stereocenters. The first-order chi connectivity index (χ1) is 24.5. The van der Waals surface area contributed by atoms with E-state index in [0.717, 1.165) is 53.6 Å². The van der Waals surface area contributed by atoms with E-state index in [1.54, 1.807) is 18.2 Å². The number of halogens is 3. The number of unbranched alkanes of at least 4 members (excludes halogenated alkanes) is 3. The molecule has 1 heterocycles. The van der Waals surface area contributed by atoms with Crippen LogP contribution in [0, 0.1) is 0 Å². The van der Waals surface area contributed by atoms with Crippen LogP contribution in [0.25, 0.3) is 11.1 Å². The normalized spacial score (nSPS) is 14.7. The van der Waals surface area contributed by atoms with Crippen LogP contribution in [0.3, 0.4) is 0 Å². The maximum Gasteiger partial charge on any atom is 0.416 e. The van der Waals surface area contributed by atoms with Gasteiger partial charge in [0.15, 0.2) is 0 Å². The lowest BCUT2D eigenvalue weighted by atomic mass is 9.93. The summed E-state index contributed by atoms with van der Waals surface area (Å²) in [7, 11) is 0. The summed E-state index contributed by atoms with van der Waals surface area (Å²) >= 11 is 0. The number of aliphatic carboxylic acids is 1. The standard InChI is InChI=1S/C40H41F3N2O6/c1-2-3-4-8-21-50-39(49)45-25-32-23-34(51-26-28-13-18-33(19-14-28)40(41,42)43)20-17-31(32)24-36(45)37(46)44-35(38(47)48)22-27-11-15-30(16-12-27)29-9-6-5-7-10-29/h5-7,9-20,23,35-36H,2-4,8,21-22,24-26H2,1H3,(H,44,46)(H,47,48)/t35-,36?/m0/s1. The highest BCUT2D eigenvalue weighted by Crippen LogP contribution is 2.31. The van der Waals surface area contributed by atoms with Gasteiger partial charge in [-0.05, 0) is 64.1 Å². The number of carboxylic acids is 1. The number of carboxylic acid groups (broad SMARTS) is 1. The third kappa shape index (κ3) is 10.1. The number of hydrogen-bond donors (Lipinski definition) is 2. The van der Waals surface area contributed by atoms with Crippen LogP contribution in [0.15, 0.2) is 97.1 Å². The minimum atomic E-state index is -4.43. The molecule has 2 N–H and O–H groups in total. The van der Waals surface area contributed by atoms with Crippen molar-refractivity contribution in [3.8, 4) is 16.9 Å². The van der Waals surface area contributed by atoms with E-state index in [2.05, 4.69) is 12.2 Å². The summed E-state index contributed by atoms with van der Waals surface area (Å²) in [5.74, 6) is -1.38. The second kappa shape index (κ2) is 17.1. The summed E-state index contributed by atoms with van der Waals surface area (Å²) in [6.07, 6.45) is -1.37. The lowest BCUT2D eigenvalue weighted by Crippen LogP contribution is -2.56. The Morgan fingerprint density at radius 1 is 0.863 bits per heavy atom. The summed E-state index contributed by atoms with van der Waals surface area (Å²) in [5, 5.41) is 12.7. The Morgan fingerprint density at radius 2 is 1.55 bits per heavy atom. The zero-order valence-corrected chi connectivity index (χ0v) is 28.3. The largest absolute Gasteiger partial charge is 0.489 e. The number of benzene rings is 4. The average Bonchev–Trinajstić information content (AvgIpc) is 3.13. The Morgan fingerprint density at radius 3 is 2.22 bits per heavy atom. The van der Waals surface area contributed by atoms with Crippen molar-refractivity contribution < 1.29 is 42.1 Å². The van der Waals surface area contributed by atoms with E-state index in [9.17, 15) is 32.7 Å². The lowest BCUT2D eigenvalue weighted by molar-refractivity contribution is -0.142. The van der Waals surface area contributed by atoms with Crippen LogP contribution < -0.4 is 10.1 Å². The van der Waals surface area contributed by atoms with Crippen LogP contribution in [0.5, 0.6) is 5.75 Å². The van der Waals surface area contributed by atoms with Crippen LogP contribution in [-0.2, 0) is 46.5 Å². The molecular weight excluding hydrogens is 661 g/mol. The van der Waals surface area contributed by atoms with Crippen molar-refractivity contribution in [2.45, 2.75) is 76.9 Å². The molecule has 51 heavy (non-hydrogen) atoms. The topological polar surface area (TPSA) is 105 Å². The molecule has 0 saturated carbocycles. The summed E-state index contributed by atoms with van der Waals surface area (Å²) in [6.45, 7) is 2.30. The van der Waals surface area contributed by atoms with Crippen molar-refractivity contribution in [2.75, 3.05) is 6.61 Å². The molecule has 0 spiro atoms. The van der Waals surface area contributed by atoms with Crippen molar-refractivity contribution in [3.63, 3.8) is 0 Å². The quantitative estimate of drug-likeness (QED) is 0.128. The van der Waals surface area contributed by atoms with Crippen LogP contribution in [0.2, 0.25) is 0 Å². The number of nitrogens with zero attached hydrogens (tertiary/aromatic N) is 1. The fourth-order valence-electron chi connectivity index (χ4n) is 5.97. The van der Waals surface area contributed by atoms with Crippen molar-refractivity contribution in [1.29, 1.82) is 0 Å². The summed E-state index contributed by atoms with van der Waals surface area (Å²) in [6, 6.07) is 24.9. The van der Waals surface area contributed by atoms with Gasteiger partial charge >= 0.3 is 18.2 Å². The molecular formula is C40H41F3N2O6. The zero-order chi connectivity index (χ0) is 36.4. The molecule has 11 heteroatoms. The second-order valence-corrected chi connectivity index (χ2v) is 12.6. The average molecular weight is 703 g/mol. The Balaban J connectivity index is 1.29. The van der Waals surface area contributed by atoms with Gasteiger partial charge in [0.1, 0.15) is 24.4 Å². The van der Waals surface area contributed by atoms with Gasteiger partial charge < -0.3 is 19.9 Å². The molecule has 5 rings (SSSR count). The van der Waals surface area contributed by atoms with Crippen molar-refractivity contribution in [3.05, 3.63) is 125 Å². The number of carbonyl (C=O) groups is 3. The van der Waals surface area contributed by atoms with Gasteiger partial charge in [0.2, 0.25) is 5.91 Å². The van der Waals surface area contributed by atoms with Crippen LogP contribution in [-0.4, -0.2) is 46.7 Å². The maximum atomic E-state index is 13.8. The number of ether oxygens (including phenoxy) is 2. The monoisotopic (exact) mass is 702 g/mol. The lowest BCUT2D eigenvalue weighted by Gasteiger charge is -2.36. The van der Waals surface area contributed by atoms with E-state index in [1.807, 2.05) is 54.6 Å². The number of nitrogens with one attached hydrogen (secondary N) is 1. The molecule has 2 amide bonds. The predicted molar refractivity (Wildman–Crippen MR) is 186 cm³/mol. The van der Waals surface area contributed by atoms with E-state index in [-0.39, 0.29) is 32.6 Å². The van der Waals surface area contributed by atoms with Gasteiger partial charge in [-0.25, -0.2) is 9.59 Å². The molecule has 1 aliphatic heterocycles. The van der Waals surface area contributed by atoms with Crippen LogP contribution in [0.1, 0.15) is 60.4 Å². The summed E-state index contributed by atoms with van der Waals surface area (Å²) < 4.78 is 50.3. The fourth-order valence-corrected chi connectivity index (χ4v) is 5.97. The molecule has 0 fully saturated rings. The highest BCUT2D eigenvalue weighted by Gasteiger charge is 2.37. The number of amides is 2. The molecule has 1 aliphatic rings. The van der Waals surface area contributed by atoms with Gasteiger partial charge in [-0.3, -0.25) is 9.69 Å². The van der Waals surface area contributed by atoms with Crippen LogP contribution >= 0.6 is 0 Å². The van der Waals surface area contributed by atoms with Gasteiger partial charge in [0.05, 0.1) is 18.7 Å². The third-order valence-corrected chi connectivity index (χ3v) is 8.87. The molecule has 4 aromatic rings. The molecule has 2 atom stereocenters. The minimum Gasteiger partial charge on any atom is -0.489 e. The highest BCUT2D eigenvalue weighted by atomic mass is 19.4. The Bertz CT molecular complexity index is 1780. The Hall–Kier alpha value is -5.32. The number of hydrogen-bond acceptors (Lipinski definition) is 5. The van der Waals surface area contributed by atoms with E-state index in [4.69, 9.17) is 9.47 Å². The van der Waals surface area contributed by atoms with Gasteiger partial charge in [-0.2, -0.15) is 13.2 Å². The third-order valence-electron chi connectivity index (χ3n) is 8.87. The first-order valence-corrected chi connectivity index (χ1v) is 17.0. The zero-order valence-electron chi connectivity index (χ0n) is 28.3. The van der Waals surface area contributed by atoms with E-state index in [1.165, 1.54) is 17.0 Å². The van der Waals surface area contributed by atoms with E-state index < -0.39 is 41.8 Å². The first-order valence-electron chi connectivity index (χ1n) is 17.0. The van der Waals surface area contributed by atoms with Gasteiger partial charge in [0, 0.05) is 12.8 Å². The fraction of sp³-hybridized carbons (Fsp3) is 0.325. The number of alkyl halides is 3. The van der Waals surface area contributed by atoms with Gasteiger partial charge in [0.25, 0.3) is 0 Å². The first kappa shape index (κ1) is 36.9. The van der Waals surface area contributed by atoms with Crippen LogP contribution in [0.4, 0.5) is 18.0 Å².